The van der Waals surface area contributed by atoms with Crippen molar-refractivity contribution >= 4 is 5.82 Å². The van der Waals surface area contributed by atoms with E-state index >= 15 is 0 Å². The largest absolute Gasteiger partial charge is 0.475 e. The van der Waals surface area contributed by atoms with E-state index in [1.165, 1.54) is 0 Å². The van der Waals surface area contributed by atoms with Crippen molar-refractivity contribution in [2.75, 3.05) is 11.9 Å². The summed E-state index contributed by atoms with van der Waals surface area (Å²) in [6.45, 7) is 8.68. The summed E-state index contributed by atoms with van der Waals surface area (Å²) in [5, 5.41) is 3.13. The van der Waals surface area contributed by atoms with E-state index in [0.717, 1.165) is 18.2 Å². The molecule has 14 heavy (non-hydrogen) atoms. The number of rotatable bonds is 4. The quantitative estimate of drug-likeness (QED) is 0.798. The van der Waals surface area contributed by atoms with E-state index in [9.17, 15) is 0 Å². The van der Waals surface area contributed by atoms with Gasteiger partial charge in [-0.1, -0.05) is 0 Å². The Balaban J connectivity index is 2.83. The van der Waals surface area contributed by atoms with Crippen LogP contribution in [0, 0.1) is 6.92 Å². The number of aromatic nitrogens is 2. The number of aryl methyl sites for hydroxylation is 1. The molecule has 0 radical (unpaired) electrons. The SMILES string of the molecule is CCNc1cc(OC(C)C)nc(C)n1. The van der Waals surface area contributed by atoms with Crippen LogP contribution in [-0.4, -0.2) is 22.6 Å². The standard InChI is InChI=1S/C10H17N3O/c1-5-11-9-6-10(14-7(2)3)13-8(4)12-9/h6-7H,5H2,1-4H3,(H,11,12,13). The van der Waals surface area contributed by atoms with Gasteiger partial charge in [-0.2, -0.15) is 4.98 Å². The van der Waals surface area contributed by atoms with Gasteiger partial charge in [0, 0.05) is 12.6 Å². The average molecular weight is 195 g/mol. The van der Waals surface area contributed by atoms with Gasteiger partial charge in [-0.05, 0) is 27.7 Å². The Bertz CT molecular complexity index is 299. The Kier molecular flexibility index (Phi) is 3.68. The average Bonchev–Trinajstić information content (AvgIpc) is 2.01. The van der Waals surface area contributed by atoms with Gasteiger partial charge >= 0.3 is 0 Å². The highest BCUT2D eigenvalue weighted by Crippen LogP contribution is 2.14. The van der Waals surface area contributed by atoms with Gasteiger partial charge in [0.15, 0.2) is 0 Å². The second kappa shape index (κ2) is 4.79. The third-order valence-electron chi connectivity index (χ3n) is 1.53. The van der Waals surface area contributed by atoms with Crippen molar-refractivity contribution in [1.82, 2.24) is 9.97 Å². The predicted octanol–water partition coefficient (Wildman–Crippen LogP) is 2.00. The topological polar surface area (TPSA) is 47.0 Å². The fourth-order valence-corrected chi connectivity index (χ4v) is 1.11. The third-order valence-corrected chi connectivity index (χ3v) is 1.53. The second-order valence-corrected chi connectivity index (χ2v) is 3.34. The molecule has 1 heterocycles. The summed E-state index contributed by atoms with van der Waals surface area (Å²) >= 11 is 0. The number of ether oxygens (including phenoxy) is 1. The van der Waals surface area contributed by atoms with Crippen molar-refractivity contribution in [1.29, 1.82) is 0 Å². The molecule has 1 rings (SSSR count). The van der Waals surface area contributed by atoms with Gasteiger partial charge in [0.1, 0.15) is 11.6 Å². The van der Waals surface area contributed by atoms with Crippen LogP contribution >= 0.6 is 0 Å². The Hall–Kier alpha value is -1.32. The maximum absolute atomic E-state index is 5.49. The smallest absolute Gasteiger partial charge is 0.218 e. The zero-order valence-electron chi connectivity index (χ0n) is 9.16. The van der Waals surface area contributed by atoms with Crippen molar-refractivity contribution in [3.8, 4) is 5.88 Å². The van der Waals surface area contributed by atoms with Crippen LogP contribution in [0.15, 0.2) is 6.07 Å². The highest BCUT2D eigenvalue weighted by atomic mass is 16.5. The molecule has 0 amide bonds. The molecule has 0 fully saturated rings. The number of nitrogens with one attached hydrogen (secondary N) is 1. The van der Waals surface area contributed by atoms with Gasteiger partial charge in [0.25, 0.3) is 0 Å². The van der Waals surface area contributed by atoms with Crippen LogP contribution in [0.3, 0.4) is 0 Å². The lowest BCUT2D eigenvalue weighted by Crippen LogP contribution is -2.09. The highest BCUT2D eigenvalue weighted by Gasteiger charge is 2.03. The molecule has 0 unspecified atom stereocenters. The van der Waals surface area contributed by atoms with Gasteiger partial charge in [0.2, 0.25) is 5.88 Å². The molecular formula is C10H17N3O. The molecule has 0 spiro atoms. The van der Waals surface area contributed by atoms with Gasteiger partial charge in [-0.25, -0.2) is 4.98 Å². The minimum atomic E-state index is 0.138. The van der Waals surface area contributed by atoms with Crippen molar-refractivity contribution < 1.29 is 4.74 Å². The Morgan fingerprint density at radius 1 is 1.43 bits per heavy atom. The van der Waals surface area contributed by atoms with Crippen molar-refractivity contribution in [3.63, 3.8) is 0 Å². The van der Waals surface area contributed by atoms with E-state index in [1.807, 2.05) is 33.8 Å². The first-order valence-electron chi connectivity index (χ1n) is 4.88. The second-order valence-electron chi connectivity index (χ2n) is 3.34. The highest BCUT2D eigenvalue weighted by molar-refractivity contribution is 5.38. The van der Waals surface area contributed by atoms with Crippen molar-refractivity contribution in [3.05, 3.63) is 11.9 Å². The minimum Gasteiger partial charge on any atom is -0.475 e. The van der Waals surface area contributed by atoms with Gasteiger partial charge in [-0.15, -0.1) is 0 Å². The maximum Gasteiger partial charge on any atom is 0.218 e. The molecule has 0 saturated heterocycles. The number of anilines is 1. The van der Waals surface area contributed by atoms with Crippen LogP contribution in [-0.2, 0) is 0 Å². The van der Waals surface area contributed by atoms with Gasteiger partial charge in [0.05, 0.1) is 6.10 Å². The Morgan fingerprint density at radius 3 is 2.71 bits per heavy atom. The molecule has 0 atom stereocenters. The van der Waals surface area contributed by atoms with E-state index in [-0.39, 0.29) is 6.10 Å². The molecular weight excluding hydrogens is 178 g/mol. The van der Waals surface area contributed by atoms with E-state index in [2.05, 4.69) is 15.3 Å². The van der Waals surface area contributed by atoms with Crippen molar-refractivity contribution in [2.45, 2.75) is 33.8 Å². The van der Waals surface area contributed by atoms with E-state index in [1.54, 1.807) is 0 Å². The summed E-state index contributed by atoms with van der Waals surface area (Å²) in [5.41, 5.74) is 0. The van der Waals surface area contributed by atoms with Crippen LogP contribution in [0.2, 0.25) is 0 Å². The van der Waals surface area contributed by atoms with E-state index in [4.69, 9.17) is 4.74 Å². The molecule has 78 valence electrons. The molecule has 4 heteroatoms. The summed E-state index contributed by atoms with van der Waals surface area (Å²) in [7, 11) is 0. The molecule has 0 bridgehead atoms. The summed E-state index contributed by atoms with van der Waals surface area (Å²) in [4.78, 5) is 8.41. The predicted molar refractivity (Wildman–Crippen MR) is 56.7 cm³/mol. The van der Waals surface area contributed by atoms with Gasteiger partial charge in [-0.3, -0.25) is 0 Å². The zero-order chi connectivity index (χ0) is 10.6. The maximum atomic E-state index is 5.49. The van der Waals surface area contributed by atoms with Crippen LogP contribution in [0.4, 0.5) is 5.82 Å². The van der Waals surface area contributed by atoms with E-state index in [0.29, 0.717) is 5.88 Å². The van der Waals surface area contributed by atoms with Crippen molar-refractivity contribution in [2.24, 2.45) is 0 Å². The molecule has 1 aromatic heterocycles. The molecule has 1 N–H and O–H groups in total. The van der Waals surface area contributed by atoms with Crippen LogP contribution in [0.1, 0.15) is 26.6 Å². The molecule has 4 nitrogen and oxygen atoms in total. The molecule has 0 aliphatic carbocycles. The monoisotopic (exact) mass is 195 g/mol. The Morgan fingerprint density at radius 2 is 2.14 bits per heavy atom. The van der Waals surface area contributed by atoms with Crippen LogP contribution in [0.25, 0.3) is 0 Å². The summed E-state index contributed by atoms with van der Waals surface area (Å²) in [5.74, 6) is 2.17. The number of hydrogen-bond acceptors (Lipinski definition) is 4. The lowest BCUT2D eigenvalue weighted by Gasteiger charge is -2.10. The fraction of sp³-hybridized carbons (Fsp3) is 0.600. The summed E-state index contributed by atoms with van der Waals surface area (Å²) < 4.78 is 5.49. The first-order valence-corrected chi connectivity index (χ1v) is 4.88. The first kappa shape index (κ1) is 10.8. The molecule has 0 aliphatic heterocycles. The van der Waals surface area contributed by atoms with Crippen LogP contribution in [0.5, 0.6) is 5.88 Å². The lowest BCUT2D eigenvalue weighted by molar-refractivity contribution is 0.232. The van der Waals surface area contributed by atoms with E-state index < -0.39 is 0 Å². The molecule has 0 saturated carbocycles. The fourth-order valence-electron chi connectivity index (χ4n) is 1.11. The number of hydrogen-bond donors (Lipinski definition) is 1. The Labute approximate surface area is 84.7 Å². The zero-order valence-corrected chi connectivity index (χ0v) is 9.16. The third kappa shape index (κ3) is 3.20. The number of nitrogens with zero attached hydrogens (tertiary/aromatic N) is 2. The molecule has 1 aromatic rings. The lowest BCUT2D eigenvalue weighted by atomic mass is 10.4. The van der Waals surface area contributed by atoms with Gasteiger partial charge < -0.3 is 10.1 Å². The molecule has 0 aromatic carbocycles. The summed E-state index contributed by atoms with van der Waals surface area (Å²) in [6.07, 6.45) is 0.138. The molecule has 0 aliphatic rings. The summed E-state index contributed by atoms with van der Waals surface area (Å²) in [6, 6.07) is 1.82. The minimum absolute atomic E-state index is 0.138. The first-order chi connectivity index (χ1) is 6.61. The normalized spacial score (nSPS) is 10.4. The van der Waals surface area contributed by atoms with Crippen LogP contribution < -0.4 is 10.1 Å².